The van der Waals surface area contributed by atoms with Gasteiger partial charge in [0.2, 0.25) is 0 Å². The minimum Gasteiger partial charge on any atom is -0.506 e. The monoisotopic (exact) mass is 292 g/mol. The first-order valence-electron chi connectivity index (χ1n) is 7.11. The molecule has 4 N–H and O–H groups in total. The number of phenolic OH excluding ortho intramolecular Hbond substituents is 1. The van der Waals surface area contributed by atoms with Crippen molar-refractivity contribution >= 4 is 11.8 Å². The van der Waals surface area contributed by atoms with Crippen molar-refractivity contribution in [2.45, 2.75) is 52.2 Å². The molecule has 1 aromatic carbocycles. The zero-order valence-corrected chi connectivity index (χ0v) is 13.2. The summed E-state index contributed by atoms with van der Waals surface area (Å²) in [5, 5.41) is 12.5. The smallest absolute Gasteiger partial charge is 0.412 e. The number of benzene rings is 1. The highest BCUT2D eigenvalue weighted by Gasteiger charge is 2.56. The number of carbonyl (C=O) groups is 1. The molecule has 5 nitrogen and oxygen atoms in total. The number of anilines is 1. The molecule has 1 fully saturated rings. The number of hydrogen-bond donors (Lipinski definition) is 3. The van der Waals surface area contributed by atoms with E-state index in [1.54, 1.807) is 32.9 Å². The lowest BCUT2D eigenvalue weighted by Gasteiger charge is -2.20. The Bertz CT molecular complexity index is 561. The fourth-order valence-corrected chi connectivity index (χ4v) is 2.58. The van der Waals surface area contributed by atoms with Crippen LogP contribution in [0, 0.1) is 5.41 Å². The Kier molecular flexibility index (Phi) is 3.66. The third-order valence-corrected chi connectivity index (χ3v) is 3.93. The van der Waals surface area contributed by atoms with Crippen LogP contribution in [-0.4, -0.2) is 22.8 Å². The summed E-state index contributed by atoms with van der Waals surface area (Å²) in [6.07, 6.45) is -0.589. The van der Waals surface area contributed by atoms with E-state index in [2.05, 4.69) is 19.2 Å². The topological polar surface area (TPSA) is 84.6 Å². The van der Waals surface area contributed by atoms with E-state index in [9.17, 15) is 9.90 Å². The molecule has 0 aromatic heterocycles. The molecular weight excluding hydrogens is 268 g/mol. The van der Waals surface area contributed by atoms with Gasteiger partial charge in [-0.15, -0.1) is 0 Å². The fraction of sp³-hybridized carbons (Fsp3) is 0.562. The number of amides is 1. The van der Waals surface area contributed by atoms with Gasteiger partial charge in [0.15, 0.2) is 0 Å². The molecule has 0 aliphatic heterocycles. The van der Waals surface area contributed by atoms with E-state index in [0.717, 1.165) is 5.56 Å². The predicted molar refractivity (Wildman–Crippen MR) is 82.5 cm³/mol. The number of hydrogen-bond acceptors (Lipinski definition) is 4. The summed E-state index contributed by atoms with van der Waals surface area (Å²) in [5.41, 5.74) is 6.89. The average Bonchev–Trinajstić information content (AvgIpc) is 2.79. The van der Waals surface area contributed by atoms with Gasteiger partial charge in [0, 0.05) is 12.0 Å². The Morgan fingerprint density at radius 2 is 1.95 bits per heavy atom. The third kappa shape index (κ3) is 3.29. The van der Waals surface area contributed by atoms with Gasteiger partial charge in [-0.2, -0.15) is 0 Å². The van der Waals surface area contributed by atoms with Crippen molar-refractivity contribution in [2.24, 2.45) is 11.1 Å². The molecule has 21 heavy (non-hydrogen) atoms. The zero-order valence-electron chi connectivity index (χ0n) is 13.2. The molecule has 2 atom stereocenters. The Morgan fingerprint density at radius 3 is 2.43 bits per heavy atom. The maximum absolute atomic E-state index is 11.8. The van der Waals surface area contributed by atoms with E-state index in [1.165, 1.54) is 0 Å². The van der Waals surface area contributed by atoms with Gasteiger partial charge in [0.25, 0.3) is 0 Å². The molecule has 1 saturated carbocycles. The van der Waals surface area contributed by atoms with Gasteiger partial charge in [-0.25, -0.2) is 4.79 Å². The first-order chi connectivity index (χ1) is 9.52. The third-order valence-electron chi connectivity index (χ3n) is 3.93. The van der Waals surface area contributed by atoms with Gasteiger partial charge >= 0.3 is 6.09 Å². The summed E-state index contributed by atoms with van der Waals surface area (Å²) in [4.78, 5) is 11.8. The first kappa shape index (κ1) is 15.6. The van der Waals surface area contributed by atoms with Crippen LogP contribution in [0.3, 0.4) is 0 Å². The van der Waals surface area contributed by atoms with Crippen molar-refractivity contribution in [1.29, 1.82) is 0 Å². The predicted octanol–water partition coefficient (Wildman–Crippen LogP) is 3.19. The number of ether oxygens (including phenoxy) is 1. The molecule has 1 amide bonds. The van der Waals surface area contributed by atoms with Crippen LogP contribution < -0.4 is 11.1 Å². The lowest BCUT2D eigenvalue weighted by atomic mass is 10.0. The number of rotatable bonds is 2. The quantitative estimate of drug-likeness (QED) is 0.731. The summed E-state index contributed by atoms with van der Waals surface area (Å²) in [7, 11) is 0. The van der Waals surface area contributed by atoms with Crippen LogP contribution in [-0.2, 0) is 4.74 Å². The molecule has 0 unspecified atom stereocenters. The summed E-state index contributed by atoms with van der Waals surface area (Å²) < 4.78 is 5.19. The Morgan fingerprint density at radius 1 is 1.38 bits per heavy atom. The molecule has 5 heteroatoms. The maximum Gasteiger partial charge on any atom is 0.412 e. The van der Waals surface area contributed by atoms with E-state index in [0.29, 0.717) is 5.69 Å². The molecule has 0 saturated heterocycles. The lowest BCUT2D eigenvalue weighted by molar-refractivity contribution is 0.0635. The van der Waals surface area contributed by atoms with Crippen LogP contribution in [0.15, 0.2) is 18.2 Å². The van der Waals surface area contributed by atoms with E-state index >= 15 is 0 Å². The van der Waals surface area contributed by atoms with Crippen molar-refractivity contribution in [3.63, 3.8) is 0 Å². The molecule has 0 heterocycles. The Hall–Kier alpha value is -1.75. The van der Waals surface area contributed by atoms with Gasteiger partial charge in [0.05, 0.1) is 5.69 Å². The van der Waals surface area contributed by atoms with E-state index in [-0.39, 0.29) is 23.1 Å². The molecule has 0 spiro atoms. The second-order valence-corrected chi connectivity index (χ2v) is 7.23. The molecule has 2 rings (SSSR count). The summed E-state index contributed by atoms with van der Waals surface area (Å²) in [6.45, 7) is 9.57. The van der Waals surface area contributed by atoms with Crippen molar-refractivity contribution in [1.82, 2.24) is 0 Å². The minimum absolute atomic E-state index is 0.0108. The van der Waals surface area contributed by atoms with Crippen LogP contribution in [0.25, 0.3) is 0 Å². The van der Waals surface area contributed by atoms with E-state index < -0.39 is 11.7 Å². The van der Waals surface area contributed by atoms with Gasteiger partial charge < -0.3 is 15.6 Å². The number of nitrogens with one attached hydrogen (secondary N) is 1. The molecule has 1 aliphatic carbocycles. The van der Waals surface area contributed by atoms with Crippen LogP contribution in [0.2, 0.25) is 0 Å². The first-order valence-corrected chi connectivity index (χ1v) is 7.11. The molecular formula is C16H24N2O3. The van der Waals surface area contributed by atoms with Gasteiger partial charge in [-0.1, -0.05) is 19.9 Å². The highest BCUT2D eigenvalue weighted by atomic mass is 16.6. The van der Waals surface area contributed by atoms with Crippen molar-refractivity contribution in [3.05, 3.63) is 23.8 Å². The molecule has 0 radical (unpaired) electrons. The van der Waals surface area contributed by atoms with Gasteiger partial charge in [-0.05, 0) is 43.9 Å². The number of phenols is 1. The second-order valence-electron chi connectivity index (χ2n) is 7.23. The van der Waals surface area contributed by atoms with Crippen LogP contribution in [0.1, 0.15) is 46.1 Å². The van der Waals surface area contributed by atoms with Crippen molar-refractivity contribution < 1.29 is 14.6 Å². The van der Waals surface area contributed by atoms with Crippen LogP contribution in [0.4, 0.5) is 10.5 Å². The summed E-state index contributed by atoms with van der Waals surface area (Å²) in [6, 6.07) is 5.27. The Balaban J connectivity index is 2.16. The highest BCUT2D eigenvalue weighted by molar-refractivity contribution is 5.87. The SMILES string of the molecule is CC(C)(C)OC(=O)Nc1cc([C@H]2[C@H](N)C2(C)C)ccc1O. The maximum atomic E-state index is 11.8. The minimum atomic E-state index is -0.589. The average molecular weight is 292 g/mol. The van der Waals surface area contributed by atoms with E-state index in [1.807, 2.05) is 6.07 Å². The standard InChI is InChI=1S/C16H24N2O3/c1-15(2,3)21-14(20)18-10-8-9(6-7-11(10)19)12-13(17)16(12,4)5/h6-8,12-13,19H,17H2,1-5H3,(H,18,20)/t12-,13-/m0/s1. The summed E-state index contributed by atoms with van der Waals surface area (Å²) in [5.74, 6) is 0.244. The largest absolute Gasteiger partial charge is 0.506 e. The molecule has 1 aromatic rings. The summed E-state index contributed by atoms with van der Waals surface area (Å²) >= 11 is 0. The fourth-order valence-electron chi connectivity index (χ4n) is 2.58. The van der Waals surface area contributed by atoms with Gasteiger partial charge in [-0.3, -0.25) is 5.32 Å². The van der Waals surface area contributed by atoms with Gasteiger partial charge in [0.1, 0.15) is 11.4 Å². The van der Waals surface area contributed by atoms with Crippen LogP contribution >= 0.6 is 0 Å². The number of carbonyl (C=O) groups excluding carboxylic acids is 1. The molecule has 1 aliphatic rings. The van der Waals surface area contributed by atoms with Crippen LogP contribution in [0.5, 0.6) is 5.75 Å². The molecule has 116 valence electrons. The number of nitrogens with two attached hydrogens (primary N) is 1. The Labute approximate surface area is 125 Å². The highest BCUT2D eigenvalue weighted by Crippen LogP contribution is 2.57. The number of aromatic hydroxyl groups is 1. The normalized spacial score (nSPS) is 23.5. The molecule has 0 bridgehead atoms. The lowest BCUT2D eigenvalue weighted by Crippen LogP contribution is -2.27. The van der Waals surface area contributed by atoms with Crippen molar-refractivity contribution in [3.8, 4) is 5.75 Å². The second kappa shape index (κ2) is 4.91. The van der Waals surface area contributed by atoms with E-state index in [4.69, 9.17) is 10.5 Å². The zero-order chi connectivity index (χ0) is 16.0. The van der Waals surface area contributed by atoms with Crippen molar-refractivity contribution in [2.75, 3.05) is 5.32 Å².